The van der Waals surface area contributed by atoms with Crippen LogP contribution in [0.4, 0.5) is 0 Å². The maximum atomic E-state index is 10.7. The summed E-state index contributed by atoms with van der Waals surface area (Å²) in [5, 5.41) is 22.2. The van der Waals surface area contributed by atoms with Crippen molar-refractivity contribution in [1.82, 2.24) is 24.8 Å². The minimum absolute atomic E-state index is 0.121. The van der Waals surface area contributed by atoms with Crippen LogP contribution in [0.5, 0.6) is 0 Å². The van der Waals surface area contributed by atoms with E-state index in [1.165, 1.54) is 0 Å². The zero-order chi connectivity index (χ0) is 14.8. The van der Waals surface area contributed by atoms with Crippen molar-refractivity contribution in [2.75, 3.05) is 0 Å². The SMILES string of the molecule is CCn1nc(Cn2cc(CC(=O)O)nn2)c2ccccc21. The van der Waals surface area contributed by atoms with Crippen molar-refractivity contribution in [2.24, 2.45) is 0 Å². The highest BCUT2D eigenvalue weighted by molar-refractivity contribution is 5.81. The summed E-state index contributed by atoms with van der Waals surface area (Å²) in [6.45, 7) is 3.31. The molecular weight excluding hydrogens is 270 g/mol. The van der Waals surface area contributed by atoms with E-state index >= 15 is 0 Å². The summed E-state index contributed by atoms with van der Waals surface area (Å²) in [6.07, 6.45) is 1.53. The molecule has 21 heavy (non-hydrogen) atoms. The topological polar surface area (TPSA) is 85.8 Å². The molecule has 7 nitrogen and oxygen atoms in total. The monoisotopic (exact) mass is 285 g/mol. The van der Waals surface area contributed by atoms with Crippen LogP contribution in [-0.4, -0.2) is 35.9 Å². The second kappa shape index (κ2) is 5.35. The number of rotatable bonds is 5. The van der Waals surface area contributed by atoms with Crippen LogP contribution < -0.4 is 0 Å². The summed E-state index contributed by atoms with van der Waals surface area (Å²) in [5.74, 6) is -0.914. The molecule has 0 unspecified atom stereocenters. The van der Waals surface area contributed by atoms with Crippen molar-refractivity contribution in [2.45, 2.75) is 26.4 Å². The van der Waals surface area contributed by atoms with Gasteiger partial charge < -0.3 is 5.11 Å². The Labute approximate surface area is 120 Å². The molecule has 2 heterocycles. The van der Waals surface area contributed by atoms with Crippen LogP contribution in [0, 0.1) is 0 Å². The highest BCUT2D eigenvalue weighted by Crippen LogP contribution is 2.19. The van der Waals surface area contributed by atoms with Crippen LogP contribution in [0.3, 0.4) is 0 Å². The van der Waals surface area contributed by atoms with Crippen molar-refractivity contribution < 1.29 is 9.90 Å². The molecule has 0 spiro atoms. The Bertz CT molecular complexity index is 790. The van der Waals surface area contributed by atoms with E-state index < -0.39 is 5.97 Å². The van der Waals surface area contributed by atoms with Gasteiger partial charge in [0.2, 0.25) is 0 Å². The summed E-state index contributed by atoms with van der Waals surface area (Å²) >= 11 is 0. The molecule has 0 aliphatic carbocycles. The predicted molar refractivity (Wildman–Crippen MR) is 75.9 cm³/mol. The second-order valence-electron chi connectivity index (χ2n) is 4.76. The molecule has 1 aromatic carbocycles. The zero-order valence-corrected chi connectivity index (χ0v) is 11.6. The van der Waals surface area contributed by atoms with Crippen LogP contribution >= 0.6 is 0 Å². The van der Waals surface area contributed by atoms with Gasteiger partial charge in [-0.1, -0.05) is 23.4 Å². The smallest absolute Gasteiger partial charge is 0.309 e. The first-order chi connectivity index (χ1) is 10.2. The minimum Gasteiger partial charge on any atom is -0.481 e. The fourth-order valence-electron chi connectivity index (χ4n) is 2.36. The number of hydrogen-bond acceptors (Lipinski definition) is 4. The molecule has 0 radical (unpaired) electrons. The standard InChI is InChI=1S/C14H15N5O2/c1-2-19-13-6-4-3-5-11(13)12(16-19)9-18-8-10(15-17-18)7-14(20)21/h3-6,8H,2,7,9H2,1H3,(H,20,21). The Morgan fingerprint density at radius 3 is 2.90 bits per heavy atom. The lowest BCUT2D eigenvalue weighted by atomic mass is 10.2. The number of para-hydroxylation sites is 1. The third kappa shape index (κ3) is 2.62. The summed E-state index contributed by atoms with van der Waals surface area (Å²) in [6, 6.07) is 8.02. The van der Waals surface area contributed by atoms with Crippen molar-refractivity contribution in [1.29, 1.82) is 0 Å². The number of aromatic nitrogens is 5. The van der Waals surface area contributed by atoms with Gasteiger partial charge in [0.15, 0.2) is 0 Å². The van der Waals surface area contributed by atoms with Crippen LogP contribution in [0.2, 0.25) is 0 Å². The van der Waals surface area contributed by atoms with Gasteiger partial charge in [0.1, 0.15) is 0 Å². The molecule has 3 rings (SSSR count). The summed E-state index contributed by atoms with van der Waals surface area (Å²) in [4.78, 5) is 10.7. The average Bonchev–Trinajstić information content (AvgIpc) is 3.04. The number of benzene rings is 1. The maximum Gasteiger partial charge on any atom is 0.309 e. The lowest BCUT2D eigenvalue weighted by Gasteiger charge is -1.96. The van der Waals surface area contributed by atoms with Gasteiger partial charge in [-0.05, 0) is 13.0 Å². The van der Waals surface area contributed by atoms with Crippen LogP contribution in [0.25, 0.3) is 10.9 Å². The fourth-order valence-corrected chi connectivity index (χ4v) is 2.36. The zero-order valence-electron chi connectivity index (χ0n) is 11.6. The lowest BCUT2D eigenvalue weighted by Crippen LogP contribution is -2.03. The largest absolute Gasteiger partial charge is 0.481 e. The van der Waals surface area contributed by atoms with E-state index in [-0.39, 0.29) is 6.42 Å². The van der Waals surface area contributed by atoms with Gasteiger partial charge in [-0.3, -0.25) is 9.48 Å². The van der Waals surface area contributed by atoms with Gasteiger partial charge in [0.25, 0.3) is 0 Å². The Morgan fingerprint density at radius 1 is 1.33 bits per heavy atom. The minimum atomic E-state index is -0.914. The third-order valence-corrected chi connectivity index (χ3v) is 3.26. The molecule has 0 aliphatic rings. The quantitative estimate of drug-likeness (QED) is 0.764. The molecule has 0 saturated heterocycles. The number of fused-ring (bicyclic) bond motifs is 1. The highest BCUT2D eigenvalue weighted by atomic mass is 16.4. The molecule has 0 aliphatic heterocycles. The Balaban J connectivity index is 1.91. The molecule has 7 heteroatoms. The molecule has 0 fully saturated rings. The maximum absolute atomic E-state index is 10.7. The van der Waals surface area contributed by atoms with Crippen molar-refractivity contribution in [3.8, 4) is 0 Å². The van der Waals surface area contributed by atoms with Gasteiger partial charge in [0, 0.05) is 18.1 Å². The van der Waals surface area contributed by atoms with Crippen molar-refractivity contribution in [3.05, 3.63) is 41.9 Å². The van der Waals surface area contributed by atoms with Gasteiger partial charge >= 0.3 is 5.97 Å². The Hall–Kier alpha value is -2.70. The molecule has 0 amide bonds. The number of aryl methyl sites for hydroxylation is 1. The summed E-state index contributed by atoms with van der Waals surface area (Å²) in [7, 11) is 0. The Morgan fingerprint density at radius 2 is 2.14 bits per heavy atom. The van der Waals surface area contributed by atoms with E-state index in [1.807, 2.05) is 35.9 Å². The molecule has 3 aromatic rings. The van der Waals surface area contributed by atoms with Crippen LogP contribution in [-0.2, 0) is 24.3 Å². The van der Waals surface area contributed by atoms with E-state index in [9.17, 15) is 4.79 Å². The van der Waals surface area contributed by atoms with Gasteiger partial charge in [-0.25, -0.2) is 4.68 Å². The van der Waals surface area contributed by atoms with E-state index in [1.54, 1.807) is 10.9 Å². The predicted octanol–water partition coefficient (Wildman–Crippen LogP) is 1.32. The molecule has 108 valence electrons. The van der Waals surface area contributed by atoms with Crippen molar-refractivity contribution in [3.63, 3.8) is 0 Å². The highest BCUT2D eigenvalue weighted by Gasteiger charge is 2.11. The third-order valence-electron chi connectivity index (χ3n) is 3.26. The van der Waals surface area contributed by atoms with Crippen LogP contribution in [0.15, 0.2) is 30.5 Å². The number of carboxylic acid groups (broad SMARTS) is 1. The molecule has 0 bridgehead atoms. The fraction of sp³-hybridized carbons (Fsp3) is 0.286. The first kappa shape index (κ1) is 13.3. The van der Waals surface area contributed by atoms with E-state index in [0.717, 1.165) is 23.1 Å². The normalized spacial score (nSPS) is 11.1. The number of carboxylic acids is 1. The molecule has 1 N–H and O–H groups in total. The Kier molecular flexibility index (Phi) is 3.39. The molecular formula is C14H15N5O2. The lowest BCUT2D eigenvalue weighted by molar-refractivity contribution is -0.136. The van der Waals surface area contributed by atoms with Gasteiger partial charge in [0.05, 0.1) is 29.9 Å². The van der Waals surface area contributed by atoms with Gasteiger partial charge in [-0.15, -0.1) is 5.10 Å². The van der Waals surface area contributed by atoms with Crippen molar-refractivity contribution >= 4 is 16.9 Å². The van der Waals surface area contributed by atoms with E-state index in [0.29, 0.717) is 12.2 Å². The molecule has 0 atom stereocenters. The molecule has 2 aromatic heterocycles. The van der Waals surface area contributed by atoms with Gasteiger partial charge in [-0.2, -0.15) is 5.10 Å². The first-order valence-electron chi connectivity index (χ1n) is 6.72. The summed E-state index contributed by atoms with van der Waals surface area (Å²) < 4.78 is 3.56. The number of aliphatic carboxylic acids is 1. The number of nitrogens with zero attached hydrogens (tertiary/aromatic N) is 5. The van der Waals surface area contributed by atoms with E-state index in [4.69, 9.17) is 5.11 Å². The van der Waals surface area contributed by atoms with E-state index in [2.05, 4.69) is 15.4 Å². The first-order valence-corrected chi connectivity index (χ1v) is 6.72. The van der Waals surface area contributed by atoms with Crippen LogP contribution in [0.1, 0.15) is 18.3 Å². The number of hydrogen-bond donors (Lipinski definition) is 1. The second-order valence-corrected chi connectivity index (χ2v) is 4.76. The molecule has 0 saturated carbocycles. The summed E-state index contributed by atoms with van der Waals surface area (Å²) in [5.41, 5.74) is 2.43. The average molecular weight is 285 g/mol. The number of carbonyl (C=O) groups is 1.